The summed E-state index contributed by atoms with van der Waals surface area (Å²) in [5.74, 6) is -1.34. The van der Waals surface area contributed by atoms with E-state index in [2.05, 4.69) is 6.92 Å². The van der Waals surface area contributed by atoms with Crippen molar-refractivity contribution < 1.29 is 52.1 Å². The van der Waals surface area contributed by atoms with Crippen molar-refractivity contribution in [1.29, 1.82) is 0 Å². The zero-order chi connectivity index (χ0) is 17.8. The average molecular weight is 378 g/mol. The first-order valence-electron chi connectivity index (χ1n) is 8.68. The summed E-state index contributed by atoms with van der Waals surface area (Å²) in [7, 11) is -3.82. The largest absolute Gasteiger partial charge is 1.00 e. The summed E-state index contributed by atoms with van der Waals surface area (Å²) in [5.41, 5.74) is -0.0621. The van der Waals surface area contributed by atoms with Crippen molar-refractivity contribution in [1.82, 2.24) is 0 Å². The first-order chi connectivity index (χ1) is 11.5. The molecule has 7 heteroatoms. The van der Waals surface area contributed by atoms with Gasteiger partial charge in [-0.25, -0.2) is 0 Å². The minimum absolute atomic E-state index is 0. The number of carbonyl (C=O) groups is 1. The zero-order valence-electron chi connectivity index (χ0n) is 15.3. The fourth-order valence-electron chi connectivity index (χ4n) is 2.41. The molecule has 1 aromatic carbocycles. The standard InChI is InChI=1S/C18H28O5S.Na/c1-2-3-4-5-6-7-8-9-10-15-23-24(21,22)17-13-11-16(12-14-17)18(19)20;/h11-14H,2-10,15H2,1H3,(H,19,20);/q;+1/p-1. The van der Waals surface area contributed by atoms with E-state index in [0.717, 1.165) is 12.8 Å². The van der Waals surface area contributed by atoms with E-state index in [1.54, 1.807) is 0 Å². The predicted octanol–water partition coefficient (Wildman–Crippen LogP) is 0.290. The molecule has 0 heterocycles. The van der Waals surface area contributed by atoms with Crippen LogP contribution in [0.15, 0.2) is 29.2 Å². The van der Waals surface area contributed by atoms with Crippen LogP contribution in [-0.2, 0) is 14.3 Å². The number of benzene rings is 1. The van der Waals surface area contributed by atoms with E-state index >= 15 is 0 Å². The first kappa shape index (κ1) is 24.6. The van der Waals surface area contributed by atoms with Crippen molar-refractivity contribution in [2.45, 2.75) is 69.6 Å². The van der Waals surface area contributed by atoms with E-state index in [1.165, 1.54) is 62.8 Å². The summed E-state index contributed by atoms with van der Waals surface area (Å²) in [5, 5.41) is 10.6. The second kappa shape index (κ2) is 13.8. The molecular formula is C18H27NaO5S. The SMILES string of the molecule is CCCCCCCCCCCOS(=O)(=O)c1ccc(C(=O)[O-])cc1.[Na+]. The first-order valence-corrected chi connectivity index (χ1v) is 10.1. The van der Waals surface area contributed by atoms with Gasteiger partial charge in [-0.15, -0.1) is 0 Å². The second-order valence-corrected chi connectivity index (χ2v) is 7.53. The van der Waals surface area contributed by atoms with E-state index in [4.69, 9.17) is 4.18 Å². The van der Waals surface area contributed by atoms with Crippen molar-refractivity contribution in [2.75, 3.05) is 6.61 Å². The Bertz CT molecular complexity index is 584. The van der Waals surface area contributed by atoms with Crippen LogP contribution in [0.2, 0.25) is 0 Å². The van der Waals surface area contributed by atoms with Gasteiger partial charge >= 0.3 is 29.6 Å². The summed E-state index contributed by atoms with van der Waals surface area (Å²) < 4.78 is 28.9. The van der Waals surface area contributed by atoms with Crippen LogP contribution in [0.3, 0.4) is 0 Å². The minimum atomic E-state index is -3.82. The molecule has 0 aliphatic carbocycles. The number of hydrogen-bond acceptors (Lipinski definition) is 5. The molecule has 25 heavy (non-hydrogen) atoms. The summed E-state index contributed by atoms with van der Waals surface area (Å²) >= 11 is 0. The molecule has 1 aromatic rings. The number of rotatable bonds is 13. The van der Waals surface area contributed by atoms with Gasteiger partial charge in [0.25, 0.3) is 10.1 Å². The Morgan fingerprint density at radius 2 is 1.40 bits per heavy atom. The van der Waals surface area contributed by atoms with Crippen LogP contribution in [0.5, 0.6) is 0 Å². The van der Waals surface area contributed by atoms with Gasteiger partial charge in [0.05, 0.1) is 17.5 Å². The third-order valence-electron chi connectivity index (χ3n) is 3.87. The van der Waals surface area contributed by atoms with E-state index < -0.39 is 16.1 Å². The fraction of sp³-hybridized carbons (Fsp3) is 0.611. The van der Waals surface area contributed by atoms with Crippen LogP contribution in [0.25, 0.3) is 0 Å². The molecule has 0 aliphatic rings. The molecule has 0 atom stereocenters. The molecule has 0 bridgehead atoms. The van der Waals surface area contributed by atoms with E-state index in [0.29, 0.717) is 6.42 Å². The molecule has 0 saturated carbocycles. The molecule has 0 fully saturated rings. The average Bonchev–Trinajstić information content (AvgIpc) is 2.56. The maximum atomic E-state index is 12.0. The second-order valence-electron chi connectivity index (χ2n) is 5.92. The maximum absolute atomic E-state index is 12.0. The number of carbonyl (C=O) groups excluding carboxylic acids is 1. The molecule has 0 spiro atoms. The van der Waals surface area contributed by atoms with Gasteiger partial charge in [-0.2, -0.15) is 8.42 Å². The van der Waals surface area contributed by atoms with Crippen LogP contribution >= 0.6 is 0 Å². The van der Waals surface area contributed by atoms with Gasteiger partial charge in [0.2, 0.25) is 0 Å². The van der Waals surface area contributed by atoms with Crippen LogP contribution in [0.1, 0.15) is 75.1 Å². The van der Waals surface area contributed by atoms with Gasteiger partial charge < -0.3 is 9.90 Å². The summed E-state index contributed by atoms with van der Waals surface area (Å²) in [4.78, 5) is 10.6. The van der Waals surface area contributed by atoms with Gasteiger partial charge in [-0.1, -0.05) is 70.4 Å². The Morgan fingerprint density at radius 3 is 1.88 bits per heavy atom. The molecule has 0 aliphatic heterocycles. The maximum Gasteiger partial charge on any atom is 1.00 e. The number of hydrogen-bond donors (Lipinski definition) is 0. The van der Waals surface area contributed by atoms with E-state index in [1.807, 2.05) is 0 Å². The number of carboxylic acid groups (broad SMARTS) is 1. The van der Waals surface area contributed by atoms with Crippen molar-refractivity contribution in [3.05, 3.63) is 29.8 Å². The topological polar surface area (TPSA) is 83.5 Å². The molecule has 0 aromatic heterocycles. The Morgan fingerprint density at radius 1 is 0.920 bits per heavy atom. The Balaban J connectivity index is 0.00000576. The molecule has 0 N–H and O–H groups in total. The Hall–Kier alpha value is -0.400. The summed E-state index contributed by atoms with van der Waals surface area (Å²) in [6.07, 6.45) is 10.3. The van der Waals surface area contributed by atoms with E-state index in [9.17, 15) is 18.3 Å². The number of unbranched alkanes of at least 4 members (excludes halogenated alkanes) is 8. The minimum Gasteiger partial charge on any atom is -0.545 e. The quantitative estimate of drug-likeness (QED) is 0.280. The monoisotopic (exact) mass is 378 g/mol. The van der Waals surface area contributed by atoms with Crippen molar-refractivity contribution in [2.24, 2.45) is 0 Å². The Labute approximate surface area is 173 Å². The molecule has 0 unspecified atom stereocenters. The molecule has 0 saturated heterocycles. The van der Waals surface area contributed by atoms with Crippen LogP contribution in [0.4, 0.5) is 0 Å². The molecule has 136 valence electrons. The van der Waals surface area contributed by atoms with Gasteiger partial charge in [0.15, 0.2) is 0 Å². The van der Waals surface area contributed by atoms with Crippen molar-refractivity contribution in [3.8, 4) is 0 Å². The molecule has 0 radical (unpaired) electrons. The van der Waals surface area contributed by atoms with Crippen LogP contribution in [0, 0.1) is 0 Å². The van der Waals surface area contributed by atoms with Gasteiger partial charge in [-0.3, -0.25) is 4.18 Å². The molecule has 1 rings (SSSR count). The molecule has 5 nitrogen and oxygen atoms in total. The van der Waals surface area contributed by atoms with Crippen molar-refractivity contribution in [3.63, 3.8) is 0 Å². The summed E-state index contributed by atoms with van der Waals surface area (Å²) in [6.45, 7) is 2.35. The third kappa shape index (κ3) is 10.4. The van der Waals surface area contributed by atoms with Gasteiger partial charge in [-0.05, 0) is 24.1 Å². The Kier molecular flexibility index (Phi) is 13.5. The predicted molar refractivity (Wildman–Crippen MR) is 91.1 cm³/mol. The van der Waals surface area contributed by atoms with E-state index in [-0.39, 0.29) is 46.6 Å². The fourth-order valence-corrected chi connectivity index (χ4v) is 3.35. The number of carboxylic acids is 1. The summed E-state index contributed by atoms with van der Waals surface area (Å²) in [6, 6.07) is 4.84. The smallest absolute Gasteiger partial charge is 0.545 e. The molecule has 0 amide bonds. The van der Waals surface area contributed by atoms with Crippen LogP contribution in [-0.4, -0.2) is 21.0 Å². The normalized spacial score (nSPS) is 11.1. The third-order valence-corrected chi connectivity index (χ3v) is 5.19. The van der Waals surface area contributed by atoms with Gasteiger partial charge in [0, 0.05) is 0 Å². The van der Waals surface area contributed by atoms with Crippen LogP contribution < -0.4 is 34.7 Å². The number of aromatic carboxylic acids is 1. The molecular weight excluding hydrogens is 351 g/mol. The van der Waals surface area contributed by atoms with Gasteiger partial charge in [0.1, 0.15) is 0 Å². The van der Waals surface area contributed by atoms with Crippen molar-refractivity contribution >= 4 is 16.1 Å². The zero-order valence-corrected chi connectivity index (χ0v) is 18.1.